The molecule has 1 fully saturated rings. The Hall–Kier alpha value is -1.22. The number of carbonyl (C=O) groups excluding carboxylic acids is 1. The van der Waals surface area contributed by atoms with Crippen molar-refractivity contribution in [3.8, 4) is 0 Å². The maximum absolute atomic E-state index is 13.7. The predicted molar refractivity (Wildman–Crippen MR) is 63.7 cm³/mol. The second-order valence-electron chi connectivity index (χ2n) is 5.25. The van der Waals surface area contributed by atoms with Crippen LogP contribution in [0.5, 0.6) is 0 Å². The molecular weight excluding hydrogens is 217 g/mol. The van der Waals surface area contributed by atoms with Crippen molar-refractivity contribution >= 4 is 5.78 Å². The molecule has 3 rings (SSSR count). The minimum atomic E-state index is -0.348. The average Bonchev–Trinajstić information content (AvgIpc) is 2.30. The molecule has 1 heterocycles. The van der Waals surface area contributed by atoms with Crippen molar-refractivity contribution in [3.05, 3.63) is 35.1 Å². The number of Topliss-reactive ketones (excluding diaryl/α,β-unsaturated/α-hetero) is 1. The first kappa shape index (κ1) is 10.9. The summed E-state index contributed by atoms with van der Waals surface area (Å²) in [6.07, 6.45) is 1.56. The second kappa shape index (κ2) is 3.91. The minimum Gasteiger partial charge on any atom is -0.306 e. The van der Waals surface area contributed by atoms with E-state index in [4.69, 9.17) is 0 Å². The van der Waals surface area contributed by atoms with Gasteiger partial charge in [0.2, 0.25) is 0 Å². The molecule has 1 aromatic carbocycles. The fourth-order valence-electron chi connectivity index (χ4n) is 3.24. The summed E-state index contributed by atoms with van der Waals surface area (Å²) in [5.74, 6) is 0.383. The van der Waals surface area contributed by atoms with E-state index in [1.807, 2.05) is 6.07 Å². The van der Waals surface area contributed by atoms with E-state index in [1.54, 1.807) is 6.07 Å². The number of hydrogen-bond donors (Lipinski definition) is 0. The molecule has 0 unspecified atom stereocenters. The van der Waals surface area contributed by atoms with Gasteiger partial charge in [-0.3, -0.25) is 4.79 Å². The summed E-state index contributed by atoms with van der Waals surface area (Å²) in [4.78, 5) is 14.3. The molecule has 0 N–H and O–H groups in total. The normalized spacial score (nSPS) is 28.7. The van der Waals surface area contributed by atoms with Crippen LogP contribution in [0.25, 0.3) is 0 Å². The molecule has 1 aliphatic carbocycles. The zero-order chi connectivity index (χ0) is 12.0. The van der Waals surface area contributed by atoms with Gasteiger partial charge in [0.05, 0.1) is 5.56 Å². The Morgan fingerprint density at radius 2 is 2.24 bits per heavy atom. The van der Waals surface area contributed by atoms with E-state index in [0.717, 1.165) is 25.1 Å². The molecule has 0 amide bonds. The number of likely N-dealkylation sites (tertiary alicyclic amines) is 1. The molecule has 2 atom stereocenters. The highest BCUT2D eigenvalue weighted by Crippen LogP contribution is 2.41. The summed E-state index contributed by atoms with van der Waals surface area (Å²) in [6, 6.07) is 5.04. The van der Waals surface area contributed by atoms with Crippen LogP contribution in [0, 0.1) is 11.7 Å². The van der Waals surface area contributed by atoms with Crippen LogP contribution in [0.15, 0.2) is 18.2 Å². The molecule has 0 spiro atoms. The first-order valence-corrected chi connectivity index (χ1v) is 6.17. The Morgan fingerprint density at radius 1 is 1.41 bits per heavy atom. The molecule has 3 heteroatoms. The molecule has 2 aliphatic rings. The minimum absolute atomic E-state index is 0.0103. The van der Waals surface area contributed by atoms with Crippen LogP contribution in [0.4, 0.5) is 4.39 Å². The third-order valence-corrected chi connectivity index (χ3v) is 4.13. The largest absolute Gasteiger partial charge is 0.306 e. The highest BCUT2D eigenvalue weighted by atomic mass is 19.1. The maximum Gasteiger partial charge on any atom is 0.166 e. The van der Waals surface area contributed by atoms with Gasteiger partial charge in [0.1, 0.15) is 5.82 Å². The van der Waals surface area contributed by atoms with E-state index in [2.05, 4.69) is 11.9 Å². The average molecular weight is 233 g/mol. The molecule has 90 valence electrons. The van der Waals surface area contributed by atoms with Gasteiger partial charge in [-0.1, -0.05) is 12.1 Å². The highest BCUT2D eigenvalue weighted by Gasteiger charge is 2.38. The third-order valence-electron chi connectivity index (χ3n) is 4.13. The standard InChI is InChI=1S/C14H16FNO/c1-16-6-5-9-7-13(17)14-10(11(9)8-16)3-2-4-12(14)15/h2-4,9,11H,5-8H2,1H3/t9-,11+/m1/s1. The van der Waals surface area contributed by atoms with E-state index < -0.39 is 0 Å². The van der Waals surface area contributed by atoms with E-state index in [9.17, 15) is 9.18 Å². The quantitative estimate of drug-likeness (QED) is 0.686. The molecular formula is C14H16FNO. The van der Waals surface area contributed by atoms with Crippen LogP contribution >= 0.6 is 0 Å². The van der Waals surface area contributed by atoms with Crippen molar-refractivity contribution < 1.29 is 9.18 Å². The number of hydrogen-bond acceptors (Lipinski definition) is 2. The van der Waals surface area contributed by atoms with Crippen molar-refractivity contribution in [2.24, 2.45) is 5.92 Å². The van der Waals surface area contributed by atoms with Crippen LogP contribution in [0.1, 0.15) is 34.7 Å². The number of benzene rings is 1. The van der Waals surface area contributed by atoms with E-state index in [0.29, 0.717) is 23.8 Å². The Morgan fingerprint density at radius 3 is 3.06 bits per heavy atom. The number of piperidine rings is 1. The van der Waals surface area contributed by atoms with E-state index in [1.165, 1.54) is 6.07 Å². The Labute approximate surface area is 100 Å². The highest BCUT2D eigenvalue weighted by molar-refractivity contribution is 5.99. The van der Waals surface area contributed by atoms with Gasteiger partial charge in [0.25, 0.3) is 0 Å². The van der Waals surface area contributed by atoms with Gasteiger partial charge in [-0.2, -0.15) is 0 Å². The molecule has 0 bridgehead atoms. The lowest BCUT2D eigenvalue weighted by molar-refractivity contribution is 0.0881. The number of carbonyl (C=O) groups is 1. The number of rotatable bonds is 0. The first-order chi connectivity index (χ1) is 8.16. The van der Waals surface area contributed by atoms with Crippen LogP contribution in [0.2, 0.25) is 0 Å². The summed E-state index contributed by atoms with van der Waals surface area (Å²) < 4.78 is 13.7. The third kappa shape index (κ3) is 1.69. The van der Waals surface area contributed by atoms with Gasteiger partial charge in [0, 0.05) is 18.9 Å². The number of ketones is 1. The SMILES string of the molecule is CN1CC[C@@H]2CC(=O)c3c(F)cccc3[C@H]2C1. The Balaban J connectivity index is 2.08. The summed E-state index contributed by atoms with van der Waals surface area (Å²) >= 11 is 0. The number of nitrogens with zero attached hydrogens (tertiary/aromatic N) is 1. The fourth-order valence-corrected chi connectivity index (χ4v) is 3.24. The van der Waals surface area contributed by atoms with E-state index in [-0.39, 0.29) is 11.6 Å². The van der Waals surface area contributed by atoms with Crippen LogP contribution < -0.4 is 0 Å². The van der Waals surface area contributed by atoms with Gasteiger partial charge in [-0.25, -0.2) is 4.39 Å². The van der Waals surface area contributed by atoms with Crippen molar-refractivity contribution in [2.75, 3.05) is 20.1 Å². The smallest absolute Gasteiger partial charge is 0.166 e. The van der Waals surface area contributed by atoms with Crippen LogP contribution in [0.3, 0.4) is 0 Å². The molecule has 17 heavy (non-hydrogen) atoms. The molecule has 0 radical (unpaired) electrons. The van der Waals surface area contributed by atoms with Crippen LogP contribution in [-0.4, -0.2) is 30.8 Å². The van der Waals surface area contributed by atoms with Gasteiger partial charge in [-0.15, -0.1) is 0 Å². The molecule has 0 saturated carbocycles. The van der Waals surface area contributed by atoms with Crippen LogP contribution in [-0.2, 0) is 0 Å². The lowest BCUT2D eigenvalue weighted by atomic mass is 9.71. The van der Waals surface area contributed by atoms with Gasteiger partial charge in [-0.05, 0) is 37.6 Å². The Kier molecular flexibility index (Phi) is 2.51. The molecule has 2 nitrogen and oxygen atoms in total. The zero-order valence-electron chi connectivity index (χ0n) is 9.95. The summed E-state index contributed by atoms with van der Waals surface area (Å²) in [7, 11) is 2.09. The lowest BCUT2D eigenvalue weighted by Crippen LogP contribution is -2.40. The predicted octanol–water partition coefficient (Wildman–Crippen LogP) is 2.45. The van der Waals surface area contributed by atoms with Crippen molar-refractivity contribution in [2.45, 2.75) is 18.8 Å². The van der Waals surface area contributed by atoms with Crippen molar-refractivity contribution in [1.82, 2.24) is 4.90 Å². The number of fused-ring (bicyclic) bond motifs is 3. The fraction of sp³-hybridized carbons (Fsp3) is 0.500. The molecule has 1 aromatic rings. The number of likely N-dealkylation sites (N-methyl/N-ethyl adjacent to an activating group) is 1. The van der Waals surface area contributed by atoms with Gasteiger partial charge < -0.3 is 4.90 Å². The first-order valence-electron chi connectivity index (χ1n) is 6.17. The molecule has 1 aliphatic heterocycles. The monoisotopic (exact) mass is 233 g/mol. The van der Waals surface area contributed by atoms with Gasteiger partial charge >= 0.3 is 0 Å². The van der Waals surface area contributed by atoms with Crippen molar-refractivity contribution in [3.63, 3.8) is 0 Å². The molecule has 1 saturated heterocycles. The Bertz CT molecular complexity index is 471. The zero-order valence-corrected chi connectivity index (χ0v) is 9.95. The summed E-state index contributed by atoms with van der Waals surface area (Å²) in [5, 5.41) is 0. The molecule has 0 aromatic heterocycles. The second-order valence-corrected chi connectivity index (χ2v) is 5.25. The summed E-state index contributed by atoms with van der Waals surface area (Å²) in [5.41, 5.74) is 1.28. The topological polar surface area (TPSA) is 20.3 Å². The summed E-state index contributed by atoms with van der Waals surface area (Å²) in [6.45, 7) is 1.98. The van der Waals surface area contributed by atoms with E-state index >= 15 is 0 Å². The van der Waals surface area contributed by atoms with Crippen molar-refractivity contribution in [1.29, 1.82) is 0 Å². The maximum atomic E-state index is 13.7. The lowest BCUT2D eigenvalue weighted by Gasteiger charge is -2.40. The number of halogens is 1. The van der Waals surface area contributed by atoms with Gasteiger partial charge in [0.15, 0.2) is 5.78 Å².